The van der Waals surface area contributed by atoms with Gasteiger partial charge in [-0.2, -0.15) is 8.42 Å². The van der Waals surface area contributed by atoms with E-state index in [4.69, 9.17) is 0 Å². The summed E-state index contributed by atoms with van der Waals surface area (Å²) in [5, 5.41) is 0. The zero-order valence-corrected chi connectivity index (χ0v) is 8.30. The van der Waals surface area contributed by atoms with Crippen LogP contribution in [0.1, 0.15) is 5.56 Å². The molecule has 0 spiro atoms. The van der Waals surface area contributed by atoms with Crippen molar-refractivity contribution in [1.82, 2.24) is 0 Å². The number of nitrogens with zero attached hydrogens (tertiary/aromatic N) is 1. The van der Waals surface area contributed by atoms with Gasteiger partial charge in [0.05, 0.1) is 4.90 Å². The largest absolute Gasteiger partial charge is 0.287 e. The number of hydrogen-bond donors (Lipinski definition) is 0. The zero-order chi connectivity index (χ0) is 9.19. The summed E-state index contributed by atoms with van der Waals surface area (Å²) in [4.78, 5) is 0.197. The highest BCUT2D eigenvalue weighted by molar-refractivity contribution is 7.93. The van der Waals surface area contributed by atoms with E-state index in [1.165, 1.54) is 12.1 Å². The molecule has 0 radical (unpaired) electrons. The van der Waals surface area contributed by atoms with E-state index in [1.807, 2.05) is 6.92 Å². The highest BCUT2D eigenvalue weighted by atomic mass is 32.2. The van der Waals surface area contributed by atoms with Crippen molar-refractivity contribution >= 4 is 22.4 Å². The van der Waals surface area contributed by atoms with Gasteiger partial charge < -0.3 is 0 Å². The Bertz CT molecular complexity index is 380. The molecule has 1 rings (SSSR count). The predicted octanol–water partition coefficient (Wildman–Crippen LogP) is 0.879. The van der Waals surface area contributed by atoms with Gasteiger partial charge in [0.15, 0.2) is 0 Å². The van der Waals surface area contributed by atoms with Crippen LogP contribution in [-0.2, 0) is 22.4 Å². The summed E-state index contributed by atoms with van der Waals surface area (Å²) in [6.07, 6.45) is 0. The number of aryl methyl sites for hydroxylation is 1. The Morgan fingerprint density at radius 1 is 1.25 bits per heavy atom. The van der Waals surface area contributed by atoms with Crippen molar-refractivity contribution in [2.45, 2.75) is 11.8 Å². The Kier molecular flexibility index (Phi) is 2.64. The van der Waals surface area contributed by atoms with Gasteiger partial charge in [-0.1, -0.05) is 17.7 Å². The van der Waals surface area contributed by atoms with Crippen LogP contribution in [0.4, 0.5) is 0 Å². The first kappa shape index (κ1) is 9.41. The fraction of sp³-hybridized carbons (Fsp3) is 0.143. The summed E-state index contributed by atoms with van der Waals surface area (Å²) in [5.74, 6) is 0. The summed E-state index contributed by atoms with van der Waals surface area (Å²) < 4.78 is 25.3. The van der Waals surface area contributed by atoms with E-state index >= 15 is 0 Å². The van der Waals surface area contributed by atoms with Crippen LogP contribution < -0.4 is 0 Å². The molecule has 0 heterocycles. The molecule has 0 bridgehead atoms. The lowest BCUT2D eigenvalue weighted by atomic mass is 10.2. The standard InChI is InChI=1S/C7H9NO2S2/c1-6-2-4-7(5-3-6)12(9,10)8-11/h2-5H,11H2,1H3. The number of rotatable bonds is 2. The minimum Gasteiger partial charge on any atom is -0.199 e. The highest BCUT2D eigenvalue weighted by Crippen LogP contribution is 2.11. The molecule has 5 heteroatoms. The molecule has 0 aliphatic rings. The molecule has 0 saturated heterocycles. The van der Waals surface area contributed by atoms with E-state index in [-0.39, 0.29) is 4.90 Å². The predicted molar refractivity (Wildman–Crippen MR) is 50.9 cm³/mol. The molecular formula is C7H9NO2S2. The summed E-state index contributed by atoms with van der Waals surface area (Å²) in [6.45, 7) is 1.89. The Labute approximate surface area is 76.6 Å². The molecule has 0 atom stereocenters. The molecule has 0 aromatic heterocycles. The van der Waals surface area contributed by atoms with Gasteiger partial charge in [0.1, 0.15) is 0 Å². The van der Waals surface area contributed by atoms with Crippen molar-refractivity contribution in [3.63, 3.8) is 0 Å². The van der Waals surface area contributed by atoms with Crippen molar-refractivity contribution in [1.29, 1.82) is 0 Å². The van der Waals surface area contributed by atoms with Gasteiger partial charge in [-0.3, -0.25) is 0 Å². The number of benzene rings is 1. The molecule has 1 aromatic rings. The summed E-state index contributed by atoms with van der Waals surface area (Å²) >= 11 is 2.61. The third kappa shape index (κ3) is 1.92. The van der Waals surface area contributed by atoms with Crippen LogP contribution in [0.2, 0.25) is 0 Å². The van der Waals surface area contributed by atoms with E-state index < -0.39 is 10.0 Å². The topological polar surface area (TPSA) is 46.5 Å². The number of sulfonamides is 1. The molecule has 3 nitrogen and oxygen atoms in total. The third-order valence-corrected chi connectivity index (χ3v) is 3.27. The molecule has 66 valence electrons. The van der Waals surface area contributed by atoms with E-state index in [0.717, 1.165) is 5.56 Å². The van der Waals surface area contributed by atoms with Crippen LogP contribution in [-0.4, -0.2) is 8.42 Å². The van der Waals surface area contributed by atoms with Crippen molar-refractivity contribution < 1.29 is 8.42 Å². The summed E-state index contributed by atoms with van der Waals surface area (Å²) in [7, 11) is -3.48. The van der Waals surface area contributed by atoms with Crippen LogP contribution in [0, 0.1) is 6.92 Å². The van der Waals surface area contributed by atoms with Crippen LogP contribution in [0.5, 0.6) is 0 Å². The van der Waals surface area contributed by atoms with Gasteiger partial charge in [0.25, 0.3) is 10.0 Å². The molecular weight excluding hydrogens is 194 g/mol. The van der Waals surface area contributed by atoms with Crippen LogP contribution >= 0.6 is 0 Å². The van der Waals surface area contributed by atoms with Gasteiger partial charge >= 0.3 is 0 Å². The maximum atomic E-state index is 11.1. The Morgan fingerprint density at radius 2 is 1.75 bits per heavy atom. The average Bonchev–Trinajstić information content (AvgIpc) is 2.05. The van der Waals surface area contributed by atoms with Gasteiger partial charge in [-0.15, -0.1) is 16.2 Å². The molecule has 0 aliphatic heterocycles. The molecule has 12 heavy (non-hydrogen) atoms. The Morgan fingerprint density at radius 3 is 2.17 bits per heavy atom. The van der Waals surface area contributed by atoms with E-state index in [0.29, 0.717) is 0 Å². The van der Waals surface area contributed by atoms with Crippen molar-refractivity contribution in [3.8, 4) is 0 Å². The van der Waals surface area contributed by atoms with Gasteiger partial charge in [-0.25, -0.2) is 0 Å². The van der Waals surface area contributed by atoms with Crippen molar-refractivity contribution in [2.75, 3.05) is 0 Å². The first-order valence-electron chi connectivity index (χ1n) is 3.27. The van der Waals surface area contributed by atoms with Gasteiger partial charge in [0.2, 0.25) is 0 Å². The maximum Gasteiger partial charge on any atom is 0.287 e. The minimum absolute atomic E-state index is 0.197. The molecule has 1 aromatic carbocycles. The van der Waals surface area contributed by atoms with Gasteiger partial charge in [0, 0.05) is 0 Å². The summed E-state index contributed by atoms with van der Waals surface area (Å²) in [6, 6.07) is 6.50. The summed E-state index contributed by atoms with van der Waals surface area (Å²) in [5.41, 5.74) is 1.02. The lowest BCUT2D eigenvalue weighted by Crippen LogP contribution is -1.94. The smallest absolute Gasteiger partial charge is 0.199 e. The van der Waals surface area contributed by atoms with E-state index in [1.54, 1.807) is 12.1 Å². The minimum atomic E-state index is -3.48. The second kappa shape index (κ2) is 3.37. The SMILES string of the molecule is Cc1ccc(S(=O)(=O)N=[SH2])cc1. The average molecular weight is 203 g/mol. The second-order valence-electron chi connectivity index (χ2n) is 2.38. The molecule has 0 unspecified atom stereocenters. The van der Waals surface area contributed by atoms with Crippen molar-refractivity contribution in [3.05, 3.63) is 29.8 Å². The Hall–Kier alpha value is -0.680. The van der Waals surface area contributed by atoms with Crippen molar-refractivity contribution in [2.24, 2.45) is 3.77 Å². The lowest BCUT2D eigenvalue weighted by molar-refractivity contribution is 0.598. The maximum absolute atomic E-state index is 11.1. The monoisotopic (exact) mass is 203 g/mol. The highest BCUT2D eigenvalue weighted by Gasteiger charge is 2.09. The van der Waals surface area contributed by atoms with Crippen LogP contribution in [0.15, 0.2) is 32.9 Å². The quantitative estimate of drug-likeness (QED) is 0.716. The molecule has 0 aliphatic carbocycles. The molecule has 0 fully saturated rings. The third-order valence-electron chi connectivity index (χ3n) is 1.44. The second-order valence-corrected chi connectivity index (χ2v) is 4.53. The normalized spacial score (nSPS) is 11.2. The Balaban J connectivity index is 3.23. The van der Waals surface area contributed by atoms with Gasteiger partial charge in [-0.05, 0) is 19.1 Å². The zero-order valence-electron chi connectivity index (χ0n) is 6.48. The van der Waals surface area contributed by atoms with E-state index in [9.17, 15) is 8.42 Å². The fourth-order valence-electron chi connectivity index (χ4n) is 0.763. The first-order valence-corrected chi connectivity index (χ1v) is 5.15. The van der Waals surface area contributed by atoms with E-state index in [2.05, 4.69) is 16.2 Å². The molecule has 0 saturated carbocycles. The number of hydrogen-bond acceptors (Lipinski definition) is 2. The lowest BCUT2D eigenvalue weighted by Gasteiger charge is -1.96. The molecule has 0 N–H and O–H groups in total. The first-order chi connectivity index (χ1) is 5.56. The fourth-order valence-corrected chi connectivity index (χ4v) is 1.66. The van der Waals surface area contributed by atoms with Crippen LogP contribution in [0.3, 0.4) is 0 Å². The molecule has 0 amide bonds. The van der Waals surface area contributed by atoms with Crippen LogP contribution in [0.25, 0.3) is 0 Å².